The Labute approximate surface area is 94.3 Å². The maximum absolute atomic E-state index is 11.1. The molecule has 2 unspecified atom stereocenters. The van der Waals surface area contributed by atoms with Crippen molar-refractivity contribution in [1.29, 1.82) is 0 Å². The second-order valence-electron chi connectivity index (χ2n) is 4.78. The Morgan fingerprint density at radius 1 is 1.50 bits per heavy atom. The van der Waals surface area contributed by atoms with Gasteiger partial charge in [0.1, 0.15) is 0 Å². The van der Waals surface area contributed by atoms with Crippen LogP contribution in [0.15, 0.2) is 12.3 Å². The lowest BCUT2D eigenvalue weighted by molar-refractivity contribution is -0.144. The van der Waals surface area contributed by atoms with Gasteiger partial charge in [0.05, 0.1) is 12.0 Å². The van der Waals surface area contributed by atoms with Crippen molar-refractivity contribution in [3.05, 3.63) is 23.5 Å². The van der Waals surface area contributed by atoms with Crippen LogP contribution in [0.25, 0.3) is 0 Å². The quantitative estimate of drug-likeness (QED) is 0.752. The summed E-state index contributed by atoms with van der Waals surface area (Å²) in [5.41, 5.74) is 2.62. The van der Waals surface area contributed by atoms with E-state index in [9.17, 15) is 4.79 Å². The van der Waals surface area contributed by atoms with E-state index in [-0.39, 0.29) is 5.92 Å². The zero-order valence-corrected chi connectivity index (χ0v) is 9.15. The highest BCUT2D eigenvalue weighted by molar-refractivity contribution is 5.70. The predicted molar refractivity (Wildman–Crippen MR) is 59.2 cm³/mol. The van der Waals surface area contributed by atoms with Gasteiger partial charge in [0.25, 0.3) is 0 Å². The van der Waals surface area contributed by atoms with Gasteiger partial charge in [-0.1, -0.05) is 0 Å². The Hall–Kier alpha value is -1.29. The van der Waals surface area contributed by atoms with Crippen LogP contribution in [0.1, 0.15) is 30.1 Å². The Morgan fingerprint density at radius 2 is 2.38 bits per heavy atom. The molecule has 0 aromatic carbocycles. The summed E-state index contributed by atoms with van der Waals surface area (Å²) in [6, 6.07) is 2.42. The molecule has 1 fully saturated rings. The van der Waals surface area contributed by atoms with E-state index in [1.807, 2.05) is 6.20 Å². The molecule has 3 heterocycles. The van der Waals surface area contributed by atoms with Gasteiger partial charge in [0.15, 0.2) is 0 Å². The Balaban J connectivity index is 1.88. The predicted octanol–water partition coefficient (Wildman–Crippen LogP) is 1.41. The lowest BCUT2D eigenvalue weighted by Crippen LogP contribution is -2.42. The zero-order valence-electron chi connectivity index (χ0n) is 9.15. The molecule has 16 heavy (non-hydrogen) atoms. The van der Waals surface area contributed by atoms with Crippen molar-refractivity contribution < 1.29 is 9.90 Å². The Bertz CT molecular complexity index is 413. The molecule has 2 aliphatic rings. The SMILES string of the molecule is O=C(O)C1CCN2CCc3cc[nH]c3C2C1. The third-order valence-corrected chi connectivity index (χ3v) is 3.93. The van der Waals surface area contributed by atoms with Crippen molar-refractivity contribution in [2.75, 3.05) is 13.1 Å². The molecule has 2 N–H and O–H groups in total. The molecular weight excluding hydrogens is 204 g/mol. The van der Waals surface area contributed by atoms with Gasteiger partial charge >= 0.3 is 5.97 Å². The van der Waals surface area contributed by atoms with Gasteiger partial charge in [-0.25, -0.2) is 0 Å². The van der Waals surface area contributed by atoms with Gasteiger partial charge in [-0.15, -0.1) is 0 Å². The minimum Gasteiger partial charge on any atom is -0.481 e. The van der Waals surface area contributed by atoms with Crippen molar-refractivity contribution in [2.45, 2.75) is 25.3 Å². The number of carbonyl (C=O) groups is 1. The van der Waals surface area contributed by atoms with Gasteiger partial charge in [-0.2, -0.15) is 0 Å². The number of rotatable bonds is 1. The number of H-pyrrole nitrogens is 1. The average molecular weight is 220 g/mol. The minimum absolute atomic E-state index is 0.171. The molecule has 0 saturated carbocycles. The molecule has 0 amide bonds. The summed E-state index contributed by atoms with van der Waals surface area (Å²) in [6.45, 7) is 1.99. The molecule has 3 rings (SSSR count). The molecule has 2 aliphatic heterocycles. The maximum Gasteiger partial charge on any atom is 0.306 e. The summed E-state index contributed by atoms with van der Waals surface area (Å²) >= 11 is 0. The summed E-state index contributed by atoms with van der Waals surface area (Å²) < 4.78 is 0. The number of hydrogen-bond acceptors (Lipinski definition) is 2. The van der Waals surface area contributed by atoms with Crippen LogP contribution in [-0.2, 0) is 11.2 Å². The third-order valence-electron chi connectivity index (χ3n) is 3.93. The Morgan fingerprint density at radius 3 is 3.19 bits per heavy atom. The van der Waals surface area contributed by atoms with Gasteiger partial charge < -0.3 is 10.1 Å². The van der Waals surface area contributed by atoms with E-state index >= 15 is 0 Å². The number of aromatic amines is 1. The van der Waals surface area contributed by atoms with Crippen molar-refractivity contribution in [3.8, 4) is 0 Å². The number of aromatic nitrogens is 1. The first-order valence-electron chi connectivity index (χ1n) is 5.88. The van der Waals surface area contributed by atoms with Gasteiger partial charge in [-0.05, 0) is 37.4 Å². The van der Waals surface area contributed by atoms with Crippen molar-refractivity contribution >= 4 is 5.97 Å². The van der Waals surface area contributed by atoms with Crippen molar-refractivity contribution in [2.24, 2.45) is 5.92 Å². The molecule has 1 aromatic rings. The van der Waals surface area contributed by atoms with E-state index in [1.54, 1.807) is 0 Å². The largest absolute Gasteiger partial charge is 0.481 e. The van der Waals surface area contributed by atoms with Crippen LogP contribution in [0, 0.1) is 5.92 Å². The molecular formula is C12H16N2O2. The van der Waals surface area contributed by atoms with E-state index < -0.39 is 5.97 Å². The highest BCUT2D eigenvalue weighted by atomic mass is 16.4. The molecule has 1 saturated heterocycles. The number of carboxylic acids is 1. The van der Waals surface area contributed by atoms with E-state index in [1.165, 1.54) is 11.3 Å². The number of nitrogens with zero attached hydrogens (tertiary/aromatic N) is 1. The molecule has 86 valence electrons. The van der Waals surface area contributed by atoms with Crippen LogP contribution in [-0.4, -0.2) is 34.0 Å². The highest BCUT2D eigenvalue weighted by Gasteiger charge is 2.36. The second-order valence-corrected chi connectivity index (χ2v) is 4.78. The van der Waals surface area contributed by atoms with Crippen LogP contribution in [0.3, 0.4) is 0 Å². The van der Waals surface area contributed by atoms with Crippen LogP contribution in [0.4, 0.5) is 0 Å². The summed E-state index contributed by atoms with van der Waals surface area (Å²) in [4.78, 5) is 16.7. The van der Waals surface area contributed by atoms with Gasteiger partial charge in [0, 0.05) is 18.4 Å². The fourth-order valence-corrected chi connectivity index (χ4v) is 3.01. The molecule has 0 aliphatic carbocycles. The van der Waals surface area contributed by atoms with Crippen molar-refractivity contribution in [3.63, 3.8) is 0 Å². The number of aliphatic carboxylic acids is 1. The lowest BCUT2D eigenvalue weighted by Gasteiger charge is -2.41. The first-order chi connectivity index (χ1) is 7.75. The minimum atomic E-state index is -0.640. The molecule has 1 aromatic heterocycles. The summed E-state index contributed by atoms with van der Waals surface area (Å²) in [7, 11) is 0. The third kappa shape index (κ3) is 1.45. The molecule has 0 spiro atoms. The normalized spacial score (nSPS) is 29.5. The number of carboxylic acid groups (broad SMARTS) is 1. The van der Waals surface area contributed by atoms with Crippen molar-refractivity contribution in [1.82, 2.24) is 9.88 Å². The number of nitrogens with one attached hydrogen (secondary N) is 1. The monoisotopic (exact) mass is 220 g/mol. The molecule has 2 atom stereocenters. The number of fused-ring (bicyclic) bond motifs is 3. The summed E-state index contributed by atoms with van der Waals surface area (Å²) in [5, 5.41) is 9.10. The van der Waals surface area contributed by atoms with E-state index in [0.717, 1.165) is 32.4 Å². The molecule has 4 heteroatoms. The van der Waals surface area contributed by atoms with Gasteiger partial charge in [-0.3, -0.25) is 9.69 Å². The standard InChI is InChI=1S/C12H16N2O2/c15-12(16)9-3-6-14-5-2-8-1-4-13-11(8)10(14)7-9/h1,4,9-10,13H,2-3,5-7H2,(H,15,16). The van der Waals surface area contributed by atoms with E-state index in [4.69, 9.17) is 5.11 Å². The zero-order chi connectivity index (χ0) is 11.1. The number of piperidine rings is 1. The van der Waals surface area contributed by atoms with Gasteiger partial charge in [0.2, 0.25) is 0 Å². The fraction of sp³-hybridized carbons (Fsp3) is 0.583. The molecule has 4 nitrogen and oxygen atoms in total. The maximum atomic E-state index is 11.1. The van der Waals surface area contributed by atoms with Crippen LogP contribution in [0.5, 0.6) is 0 Å². The molecule has 0 bridgehead atoms. The van der Waals surface area contributed by atoms with E-state index in [0.29, 0.717) is 6.04 Å². The first kappa shape index (κ1) is 9.90. The summed E-state index contributed by atoms with van der Waals surface area (Å²) in [6.07, 6.45) is 4.61. The second kappa shape index (κ2) is 3.63. The smallest absolute Gasteiger partial charge is 0.306 e. The van der Waals surface area contributed by atoms with Crippen LogP contribution in [0.2, 0.25) is 0 Å². The first-order valence-corrected chi connectivity index (χ1v) is 5.88. The summed E-state index contributed by atoms with van der Waals surface area (Å²) in [5.74, 6) is -0.811. The fourth-order valence-electron chi connectivity index (χ4n) is 3.01. The van der Waals surface area contributed by atoms with Crippen LogP contribution < -0.4 is 0 Å². The number of hydrogen-bond donors (Lipinski definition) is 2. The highest BCUT2D eigenvalue weighted by Crippen LogP contribution is 2.38. The van der Waals surface area contributed by atoms with E-state index in [2.05, 4.69) is 16.0 Å². The van der Waals surface area contributed by atoms with Crippen LogP contribution >= 0.6 is 0 Å². The topological polar surface area (TPSA) is 56.3 Å². The molecule has 0 radical (unpaired) electrons. The Kier molecular flexibility index (Phi) is 2.24. The lowest BCUT2D eigenvalue weighted by atomic mass is 9.85. The average Bonchev–Trinajstić information content (AvgIpc) is 2.76.